The molecule has 4 nitrogen and oxygen atoms in total. The molecule has 3 N–H and O–H groups in total. The number of benzene rings is 1. The standard InChI is InChI=1S/C13H20BNO3/c1-12(2)13(3,4)18-14(17-12)10-7-9(8-15)5-6-11(10)16/h5-7,16H,8,15H2,1-4H3. The molecular formula is C13H20BNO3. The molecule has 1 fully saturated rings. The van der Waals surface area contributed by atoms with E-state index >= 15 is 0 Å². The third kappa shape index (κ3) is 2.14. The van der Waals surface area contributed by atoms with Gasteiger partial charge in [-0.2, -0.15) is 0 Å². The van der Waals surface area contributed by atoms with Gasteiger partial charge in [-0.15, -0.1) is 0 Å². The molecule has 1 aliphatic heterocycles. The van der Waals surface area contributed by atoms with Crippen LogP contribution in [0.1, 0.15) is 33.3 Å². The zero-order chi connectivity index (χ0) is 13.6. The fourth-order valence-electron chi connectivity index (χ4n) is 1.89. The molecule has 1 aromatic carbocycles. The summed E-state index contributed by atoms with van der Waals surface area (Å²) in [6.07, 6.45) is 0. The van der Waals surface area contributed by atoms with Crippen LogP contribution in [0.3, 0.4) is 0 Å². The molecule has 2 rings (SSSR count). The Morgan fingerprint density at radius 2 is 1.72 bits per heavy atom. The maximum atomic E-state index is 9.93. The summed E-state index contributed by atoms with van der Waals surface area (Å²) in [6.45, 7) is 8.36. The average molecular weight is 249 g/mol. The molecule has 0 spiro atoms. The molecule has 5 heteroatoms. The second-order valence-electron chi connectivity index (χ2n) is 5.69. The molecule has 0 amide bonds. The Morgan fingerprint density at radius 1 is 1.17 bits per heavy atom. The van der Waals surface area contributed by atoms with Crippen molar-refractivity contribution in [1.29, 1.82) is 0 Å². The number of phenols is 1. The Labute approximate surface area is 108 Å². The van der Waals surface area contributed by atoms with Crippen LogP contribution >= 0.6 is 0 Å². The lowest BCUT2D eigenvalue weighted by molar-refractivity contribution is 0.00578. The van der Waals surface area contributed by atoms with Gasteiger partial charge in [0.15, 0.2) is 0 Å². The molecule has 0 bridgehead atoms. The Hall–Kier alpha value is -1.04. The highest BCUT2D eigenvalue weighted by Gasteiger charge is 2.52. The summed E-state index contributed by atoms with van der Waals surface area (Å²) >= 11 is 0. The Bertz CT molecular complexity index is 444. The molecule has 1 aliphatic rings. The summed E-state index contributed by atoms with van der Waals surface area (Å²) in [5.74, 6) is 0.172. The van der Waals surface area contributed by atoms with Gasteiger partial charge in [-0.25, -0.2) is 0 Å². The van der Waals surface area contributed by atoms with Gasteiger partial charge >= 0.3 is 7.12 Å². The monoisotopic (exact) mass is 249 g/mol. The quantitative estimate of drug-likeness (QED) is 0.771. The Kier molecular flexibility index (Phi) is 3.17. The van der Waals surface area contributed by atoms with Crippen molar-refractivity contribution in [3.63, 3.8) is 0 Å². The first-order valence-corrected chi connectivity index (χ1v) is 6.14. The SMILES string of the molecule is CC1(C)OB(c2cc(CN)ccc2O)OC1(C)C. The van der Waals surface area contributed by atoms with E-state index in [1.165, 1.54) is 0 Å². The van der Waals surface area contributed by atoms with Crippen LogP contribution in [-0.2, 0) is 15.9 Å². The van der Waals surface area contributed by atoms with Crippen LogP contribution in [0.15, 0.2) is 18.2 Å². The van der Waals surface area contributed by atoms with E-state index in [1.807, 2.05) is 33.8 Å². The normalized spacial score (nSPS) is 21.3. The summed E-state index contributed by atoms with van der Waals surface area (Å²) in [4.78, 5) is 0. The number of rotatable bonds is 2. The van der Waals surface area contributed by atoms with E-state index in [0.29, 0.717) is 12.0 Å². The van der Waals surface area contributed by atoms with Gasteiger partial charge in [-0.1, -0.05) is 12.1 Å². The van der Waals surface area contributed by atoms with E-state index in [1.54, 1.807) is 12.1 Å². The first-order valence-electron chi connectivity index (χ1n) is 6.14. The van der Waals surface area contributed by atoms with Crippen molar-refractivity contribution in [2.75, 3.05) is 0 Å². The minimum Gasteiger partial charge on any atom is -0.508 e. The molecule has 0 aliphatic carbocycles. The van der Waals surface area contributed by atoms with Gasteiger partial charge in [-0.05, 0) is 39.3 Å². The topological polar surface area (TPSA) is 64.7 Å². The summed E-state index contributed by atoms with van der Waals surface area (Å²) in [5.41, 5.74) is 6.36. The van der Waals surface area contributed by atoms with Gasteiger partial charge in [-0.3, -0.25) is 0 Å². The molecule has 1 aromatic rings. The minimum absolute atomic E-state index is 0.172. The molecule has 0 radical (unpaired) electrons. The van der Waals surface area contributed by atoms with Crippen molar-refractivity contribution in [2.45, 2.75) is 45.4 Å². The van der Waals surface area contributed by atoms with E-state index < -0.39 is 18.3 Å². The van der Waals surface area contributed by atoms with E-state index in [9.17, 15) is 5.11 Å². The molecule has 0 saturated carbocycles. The molecule has 0 unspecified atom stereocenters. The highest BCUT2D eigenvalue weighted by atomic mass is 16.7. The van der Waals surface area contributed by atoms with Crippen LogP contribution in [0, 0.1) is 0 Å². The van der Waals surface area contributed by atoms with Gasteiger partial charge in [0.25, 0.3) is 0 Å². The molecule has 98 valence electrons. The number of hydrogen-bond donors (Lipinski definition) is 2. The number of nitrogens with two attached hydrogens (primary N) is 1. The maximum absolute atomic E-state index is 9.93. The van der Waals surface area contributed by atoms with Gasteiger partial charge in [0.1, 0.15) is 5.75 Å². The zero-order valence-electron chi connectivity index (χ0n) is 11.4. The van der Waals surface area contributed by atoms with Crippen molar-refractivity contribution < 1.29 is 14.4 Å². The third-order valence-corrected chi connectivity index (χ3v) is 3.83. The van der Waals surface area contributed by atoms with E-state index in [-0.39, 0.29) is 5.75 Å². The first kappa shape index (κ1) is 13.4. The lowest BCUT2D eigenvalue weighted by atomic mass is 9.77. The minimum atomic E-state index is -0.554. The maximum Gasteiger partial charge on any atom is 0.498 e. The van der Waals surface area contributed by atoms with Gasteiger partial charge < -0.3 is 20.1 Å². The number of aromatic hydroxyl groups is 1. The number of hydrogen-bond acceptors (Lipinski definition) is 4. The predicted octanol–water partition coefficient (Wildman–Crippen LogP) is 1.15. The summed E-state index contributed by atoms with van der Waals surface area (Å²) in [6, 6.07) is 5.25. The highest BCUT2D eigenvalue weighted by Crippen LogP contribution is 2.37. The van der Waals surface area contributed by atoms with Crippen molar-refractivity contribution in [3.8, 4) is 5.75 Å². The lowest BCUT2D eigenvalue weighted by Crippen LogP contribution is -2.41. The lowest BCUT2D eigenvalue weighted by Gasteiger charge is -2.32. The molecule has 1 saturated heterocycles. The van der Waals surface area contributed by atoms with Crippen molar-refractivity contribution in [3.05, 3.63) is 23.8 Å². The van der Waals surface area contributed by atoms with Crippen LogP contribution in [0.5, 0.6) is 5.75 Å². The smallest absolute Gasteiger partial charge is 0.498 e. The van der Waals surface area contributed by atoms with Crippen LogP contribution in [0.4, 0.5) is 0 Å². The summed E-state index contributed by atoms with van der Waals surface area (Å²) in [7, 11) is -0.554. The fourth-order valence-corrected chi connectivity index (χ4v) is 1.89. The van der Waals surface area contributed by atoms with Gasteiger partial charge in [0.05, 0.1) is 11.2 Å². The Balaban J connectivity index is 2.34. The van der Waals surface area contributed by atoms with Crippen LogP contribution in [-0.4, -0.2) is 23.4 Å². The second kappa shape index (κ2) is 4.26. The summed E-state index contributed by atoms with van der Waals surface area (Å²) in [5, 5.41) is 9.93. The van der Waals surface area contributed by atoms with Crippen molar-refractivity contribution in [1.82, 2.24) is 0 Å². The van der Waals surface area contributed by atoms with Crippen molar-refractivity contribution in [2.24, 2.45) is 5.73 Å². The molecule has 0 atom stereocenters. The van der Waals surface area contributed by atoms with Crippen LogP contribution in [0.2, 0.25) is 0 Å². The van der Waals surface area contributed by atoms with Crippen molar-refractivity contribution >= 4 is 12.6 Å². The molecular weight excluding hydrogens is 229 g/mol. The first-order chi connectivity index (χ1) is 8.27. The van der Waals surface area contributed by atoms with Crippen LogP contribution < -0.4 is 11.2 Å². The molecule has 1 heterocycles. The van der Waals surface area contributed by atoms with Gasteiger partial charge in [0.2, 0.25) is 0 Å². The average Bonchev–Trinajstić information content (AvgIpc) is 2.48. The van der Waals surface area contributed by atoms with E-state index in [0.717, 1.165) is 5.56 Å². The van der Waals surface area contributed by atoms with Crippen LogP contribution in [0.25, 0.3) is 0 Å². The summed E-state index contributed by atoms with van der Waals surface area (Å²) < 4.78 is 11.8. The fraction of sp³-hybridized carbons (Fsp3) is 0.538. The Morgan fingerprint density at radius 3 is 2.22 bits per heavy atom. The van der Waals surface area contributed by atoms with E-state index in [2.05, 4.69) is 0 Å². The number of phenolic OH excluding ortho intramolecular Hbond substituents is 1. The molecule has 0 aromatic heterocycles. The largest absolute Gasteiger partial charge is 0.508 e. The highest BCUT2D eigenvalue weighted by molar-refractivity contribution is 6.63. The van der Waals surface area contributed by atoms with Gasteiger partial charge in [0, 0.05) is 12.0 Å². The third-order valence-electron chi connectivity index (χ3n) is 3.83. The second-order valence-corrected chi connectivity index (χ2v) is 5.69. The zero-order valence-corrected chi connectivity index (χ0v) is 11.4. The van der Waals surface area contributed by atoms with E-state index in [4.69, 9.17) is 15.0 Å². The predicted molar refractivity (Wildman–Crippen MR) is 71.7 cm³/mol. The molecule has 18 heavy (non-hydrogen) atoms.